The lowest BCUT2D eigenvalue weighted by atomic mass is 9.74. The molecule has 33 heavy (non-hydrogen) atoms. The number of carbonyl (C=O) groups is 2. The van der Waals surface area contributed by atoms with Crippen LogP contribution in [0.25, 0.3) is 0 Å². The molecule has 1 fully saturated rings. The molecule has 2 atom stereocenters. The quantitative estimate of drug-likeness (QED) is 0.589. The van der Waals surface area contributed by atoms with Crippen molar-refractivity contribution in [1.82, 2.24) is 10.6 Å². The molecule has 1 heterocycles. The molecule has 2 aromatic carbocycles. The van der Waals surface area contributed by atoms with Crippen molar-refractivity contribution in [3.05, 3.63) is 71.5 Å². The fraction of sp³-hybridized carbons (Fsp3) is 0.462. The van der Waals surface area contributed by atoms with E-state index in [0.717, 1.165) is 24.0 Å². The Morgan fingerprint density at radius 3 is 2.39 bits per heavy atom. The van der Waals surface area contributed by atoms with E-state index in [4.69, 9.17) is 9.47 Å². The first-order valence-electron chi connectivity index (χ1n) is 11.5. The molecular weight excluding hydrogens is 423 g/mol. The zero-order chi connectivity index (χ0) is 23.7. The lowest BCUT2D eigenvalue weighted by molar-refractivity contribution is -0.124. The summed E-state index contributed by atoms with van der Waals surface area (Å²) in [6.07, 6.45) is 1.53. The van der Waals surface area contributed by atoms with Gasteiger partial charge in [0.2, 0.25) is 5.91 Å². The number of nitrogens with one attached hydrogen (secondary N) is 2. The van der Waals surface area contributed by atoms with Crippen LogP contribution in [0.15, 0.2) is 54.6 Å². The van der Waals surface area contributed by atoms with Gasteiger partial charge in [-0.1, -0.05) is 62.7 Å². The van der Waals surface area contributed by atoms with Gasteiger partial charge in [-0.3, -0.25) is 4.79 Å². The Bertz CT molecular complexity index is 898. The molecular formula is C26H33FN2O4. The van der Waals surface area contributed by atoms with E-state index in [2.05, 4.69) is 10.6 Å². The van der Waals surface area contributed by atoms with E-state index in [9.17, 15) is 14.0 Å². The van der Waals surface area contributed by atoms with Gasteiger partial charge in [0, 0.05) is 25.2 Å². The summed E-state index contributed by atoms with van der Waals surface area (Å²) in [5.74, 6) is -0.625. The summed E-state index contributed by atoms with van der Waals surface area (Å²) >= 11 is 0. The van der Waals surface area contributed by atoms with Gasteiger partial charge < -0.3 is 20.1 Å². The number of alkyl carbamates (subject to hydrolysis) is 1. The van der Waals surface area contributed by atoms with E-state index < -0.39 is 12.1 Å². The van der Waals surface area contributed by atoms with E-state index in [0.29, 0.717) is 26.2 Å². The molecule has 178 valence electrons. The molecule has 0 aliphatic carbocycles. The van der Waals surface area contributed by atoms with Crippen LogP contribution in [0.2, 0.25) is 0 Å². The summed E-state index contributed by atoms with van der Waals surface area (Å²) in [4.78, 5) is 25.6. The highest BCUT2D eigenvalue weighted by Gasteiger charge is 2.36. The van der Waals surface area contributed by atoms with Crippen LogP contribution >= 0.6 is 0 Å². The molecule has 2 aromatic rings. The molecule has 7 heteroatoms. The number of hydrogen-bond acceptors (Lipinski definition) is 4. The van der Waals surface area contributed by atoms with Crippen molar-refractivity contribution in [3.8, 4) is 0 Å². The molecule has 2 N–H and O–H groups in total. The zero-order valence-electron chi connectivity index (χ0n) is 19.3. The third-order valence-corrected chi connectivity index (χ3v) is 6.49. The molecule has 2 amide bonds. The fourth-order valence-electron chi connectivity index (χ4n) is 4.09. The second kappa shape index (κ2) is 11.8. The average molecular weight is 457 g/mol. The summed E-state index contributed by atoms with van der Waals surface area (Å²) < 4.78 is 24.3. The van der Waals surface area contributed by atoms with Gasteiger partial charge in [-0.2, -0.15) is 0 Å². The monoisotopic (exact) mass is 456 g/mol. The minimum absolute atomic E-state index is 0.0780. The molecule has 0 unspecified atom stereocenters. The van der Waals surface area contributed by atoms with Gasteiger partial charge in [-0.15, -0.1) is 0 Å². The number of hydrogen-bond donors (Lipinski definition) is 2. The Morgan fingerprint density at radius 1 is 1.09 bits per heavy atom. The number of ether oxygens (including phenoxy) is 2. The van der Waals surface area contributed by atoms with Crippen LogP contribution in [0.4, 0.5) is 9.18 Å². The molecule has 0 spiro atoms. The van der Waals surface area contributed by atoms with E-state index >= 15 is 0 Å². The number of rotatable bonds is 9. The van der Waals surface area contributed by atoms with Gasteiger partial charge in [0.25, 0.3) is 0 Å². The standard InChI is InChI=1S/C26H33FN2O4/c1-3-19(2)23(29-25(31)33-17-20-7-5-4-6-8-20)24(30)28-18-26(13-15-32-16-14-26)21-9-11-22(27)12-10-21/h4-12,19,23H,3,13-18H2,1-2H3,(H,28,30)(H,29,31)/t19-,23-/m0/s1. The topological polar surface area (TPSA) is 76.7 Å². The van der Waals surface area contributed by atoms with Crippen LogP contribution in [-0.2, 0) is 26.3 Å². The predicted octanol–water partition coefficient (Wildman–Crippen LogP) is 4.33. The summed E-state index contributed by atoms with van der Waals surface area (Å²) in [5, 5.41) is 5.78. The Hall–Kier alpha value is -2.93. The first-order valence-corrected chi connectivity index (χ1v) is 11.5. The van der Waals surface area contributed by atoms with Crippen molar-refractivity contribution in [2.45, 2.75) is 51.2 Å². The van der Waals surface area contributed by atoms with Crippen molar-refractivity contribution in [2.24, 2.45) is 5.92 Å². The van der Waals surface area contributed by atoms with Crippen molar-refractivity contribution in [1.29, 1.82) is 0 Å². The van der Waals surface area contributed by atoms with Crippen LogP contribution in [-0.4, -0.2) is 37.8 Å². The van der Waals surface area contributed by atoms with Gasteiger partial charge in [0.15, 0.2) is 0 Å². The van der Waals surface area contributed by atoms with Gasteiger partial charge in [-0.25, -0.2) is 9.18 Å². The van der Waals surface area contributed by atoms with Gasteiger partial charge in [0.1, 0.15) is 18.5 Å². The highest BCUT2D eigenvalue weighted by molar-refractivity contribution is 5.86. The van der Waals surface area contributed by atoms with Gasteiger partial charge in [0.05, 0.1) is 0 Å². The Balaban J connectivity index is 1.64. The molecule has 0 saturated carbocycles. The Kier molecular flexibility index (Phi) is 8.83. The van der Waals surface area contributed by atoms with Crippen molar-refractivity contribution < 1.29 is 23.5 Å². The maximum atomic E-state index is 13.5. The molecule has 6 nitrogen and oxygen atoms in total. The highest BCUT2D eigenvalue weighted by atomic mass is 19.1. The summed E-state index contributed by atoms with van der Waals surface area (Å²) in [5.41, 5.74) is 1.51. The lowest BCUT2D eigenvalue weighted by Gasteiger charge is -2.38. The Morgan fingerprint density at radius 2 is 1.76 bits per heavy atom. The van der Waals surface area contributed by atoms with Crippen LogP contribution < -0.4 is 10.6 Å². The normalized spacial score (nSPS) is 16.9. The first kappa shape index (κ1) is 24.7. The lowest BCUT2D eigenvalue weighted by Crippen LogP contribution is -2.53. The molecule has 0 bridgehead atoms. The Labute approximate surface area is 194 Å². The van der Waals surface area contributed by atoms with Crippen molar-refractivity contribution in [2.75, 3.05) is 19.8 Å². The minimum Gasteiger partial charge on any atom is -0.445 e. The number of carbonyl (C=O) groups excluding carboxylic acids is 2. The zero-order valence-corrected chi connectivity index (χ0v) is 19.3. The summed E-state index contributed by atoms with van der Waals surface area (Å²) in [7, 11) is 0. The minimum atomic E-state index is -0.719. The van der Waals surface area contributed by atoms with E-state index in [1.807, 2.05) is 44.2 Å². The number of halogens is 1. The molecule has 1 saturated heterocycles. The van der Waals surface area contributed by atoms with Crippen LogP contribution in [0.3, 0.4) is 0 Å². The largest absolute Gasteiger partial charge is 0.445 e. The van der Waals surface area contributed by atoms with Gasteiger partial charge in [-0.05, 0) is 42.0 Å². The number of amides is 2. The summed E-state index contributed by atoms with van der Waals surface area (Å²) in [6, 6.07) is 15.1. The smallest absolute Gasteiger partial charge is 0.408 e. The van der Waals surface area contributed by atoms with E-state index in [1.54, 1.807) is 12.1 Å². The summed E-state index contributed by atoms with van der Waals surface area (Å²) in [6.45, 7) is 5.56. The molecule has 3 rings (SSSR count). The van der Waals surface area contributed by atoms with Crippen LogP contribution in [0.1, 0.15) is 44.2 Å². The third kappa shape index (κ3) is 6.78. The predicted molar refractivity (Wildman–Crippen MR) is 124 cm³/mol. The molecule has 0 radical (unpaired) electrons. The maximum Gasteiger partial charge on any atom is 0.408 e. The van der Waals surface area contributed by atoms with Crippen LogP contribution in [0.5, 0.6) is 0 Å². The van der Waals surface area contributed by atoms with Crippen molar-refractivity contribution >= 4 is 12.0 Å². The second-order valence-electron chi connectivity index (χ2n) is 8.69. The highest BCUT2D eigenvalue weighted by Crippen LogP contribution is 2.34. The van der Waals surface area contributed by atoms with E-state index in [1.165, 1.54) is 12.1 Å². The molecule has 1 aliphatic rings. The third-order valence-electron chi connectivity index (χ3n) is 6.49. The second-order valence-corrected chi connectivity index (χ2v) is 8.69. The fourth-order valence-corrected chi connectivity index (χ4v) is 4.09. The first-order chi connectivity index (χ1) is 15.9. The average Bonchev–Trinajstić information content (AvgIpc) is 2.85. The van der Waals surface area contributed by atoms with E-state index in [-0.39, 0.29) is 29.7 Å². The SMILES string of the molecule is CC[C@H](C)[C@H](NC(=O)OCc1ccccc1)C(=O)NCC1(c2ccc(F)cc2)CCOCC1. The van der Waals surface area contributed by atoms with Gasteiger partial charge >= 0.3 is 6.09 Å². The maximum absolute atomic E-state index is 13.5. The number of benzene rings is 2. The van der Waals surface area contributed by atoms with Crippen LogP contribution in [0, 0.1) is 11.7 Å². The molecule has 0 aromatic heterocycles. The molecule has 1 aliphatic heterocycles. The van der Waals surface area contributed by atoms with Crippen molar-refractivity contribution in [3.63, 3.8) is 0 Å².